The third-order valence-corrected chi connectivity index (χ3v) is 7.89. The number of carbonyl (C=O) groups excluding carboxylic acids is 2. The number of rotatable bonds is 12. The van der Waals surface area contributed by atoms with Crippen LogP contribution in [0.1, 0.15) is 55.7 Å². The number of amides is 2. The second-order valence-corrected chi connectivity index (χ2v) is 10.8. The average Bonchev–Trinajstić information content (AvgIpc) is 3.69. The van der Waals surface area contributed by atoms with Gasteiger partial charge in [0.1, 0.15) is 0 Å². The van der Waals surface area contributed by atoms with E-state index in [2.05, 4.69) is 44.9 Å². The average molecular weight is 517 g/mol. The second-order valence-electron chi connectivity index (χ2n) is 10.8. The van der Waals surface area contributed by atoms with Crippen LogP contribution < -0.4 is 10.6 Å². The van der Waals surface area contributed by atoms with E-state index in [0.717, 1.165) is 43.2 Å². The molecule has 0 radical (unpaired) electrons. The molecule has 1 aliphatic carbocycles. The van der Waals surface area contributed by atoms with E-state index < -0.39 is 0 Å². The first-order valence-corrected chi connectivity index (χ1v) is 14.0. The molecule has 7 nitrogen and oxygen atoms in total. The quantitative estimate of drug-likeness (QED) is 0.312. The van der Waals surface area contributed by atoms with Crippen LogP contribution in [0.2, 0.25) is 0 Å². The summed E-state index contributed by atoms with van der Waals surface area (Å²) in [5.74, 6) is 0.0962. The van der Waals surface area contributed by atoms with E-state index in [4.69, 9.17) is 4.74 Å². The number of aryl methyl sites for hydroxylation is 1. The van der Waals surface area contributed by atoms with Crippen LogP contribution >= 0.6 is 0 Å². The fraction of sp³-hybridized carbons (Fsp3) is 0.484. The number of carbonyl (C=O) groups is 2. The molecule has 7 heteroatoms. The number of nitrogens with one attached hydrogen (secondary N) is 3. The van der Waals surface area contributed by atoms with Crippen molar-refractivity contribution in [1.29, 1.82) is 0 Å². The summed E-state index contributed by atoms with van der Waals surface area (Å²) in [6.07, 6.45) is 7.78. The predicted molar refractivity (Wildman–Crippen MR) is 150 cm³/mol. The molecule has 3 atom stereocenters. The maximum Gasteiger partial charge on any atom is 0.227 e. The Kier molecular flexibility index (Phi) is 8.76. The normalized spacial score (nSPS) is 20.2. The first-order chi connectivity index (χ1) is 18.6. The number of hydrogen-bond donors (Lipinski definition) is 3. The van der Waals surface area contributed by atoms with E-state index in [-0.39, 0.29) is 35.9 Å². The number of aromatic amines is 1. The van der Waals surface area contributed by atoms with E-state index in [9.17, 15) is 9.59 Å². The lowest BCUT2D eigenvalue weighted by Crippen LogP contribution is -2.53. The number of para-hydroxylation sites is 1. The van der Waals surface area contributed by atoms with E-state index in [1.165, 1.54) is 10.9 Å². The lowest BCUT2D eigenvalue weighted by atomic mass is 9.91. The van der Waals surface area contributed by atoms with Crippen molar-refractivity contribution in [2.45, 2.75) is 63.1 Å². The molecule has 1 aliphatic heterocycles. The molecule has 1 aromatic heterocycles. The molecule has 3 aromatic rings. The predicted octanol–water partition coefficient (Wildman–Crippen LogP) is 4.35. The summed E-state index contributed by atoms with van der Waals surface area (Å²) >= 11 is 0. The van der Waals surface area contributed by atoms with Crippen LogP contribution in [0.5, 0.6) is 0 Å². The van der Waals surface area contributed by atoms with Crippen LogP contribution in [0.25, 0.3) is 10.9 Å². The minimum atomic E-state index is -0.154. The topological polar surface area (TPSA) is 86.5 Å². The third-order valence-electron chi connectivity index (χ3n) is 7.89. The highest BCUT2D eigenvalue weighted by Crippen LogP contribution is 2.40. The molecular formula is C31H40N4O3. The van der Waals surface area contributed by atoms with E-state index >= 15 is 0 Å². The smallest absolute Gasteiger partial charge is 0.227 e. The highest BCUT2D eigenvalue weighted by molar-refractivity contribution is 5.86. The molecule has 0 bridgehead atoms. The van der Waals surface area contributed by atoms with Crippen LogP contribution in [0.15, 0.2) is 60.8 Å². The Labute approximate surface area is 225 Å². The van der Waals surface area contributed by atoms with Crippen LogP contribution in [0, 0.1) is 5.92 Å². The van der Waals surface area contributed by atoms with Gasteiger partial charge >= 0.3 is 0 Å². The number of hydrogen-bond acceptors (Lipinski definition) is 4. The van der Waals surface area contributed by atoms with Crippen LogP contribution in [0.3, 0.4) is 0 Å². The van der Waals surface area contributed by atoms with Gasteiger partial charge in [-0.1, -0.05) is 48.5 Å². The molecule has 1 unspecified atom stereocenters. The molecular weight excluding hydrogens is 476 g/mol. The van der Waals surface area contributed by atoms with E-state index in [0.29, 0.717) is 32.5 Å². The summed E-state index contributed by atoms with van der Waals surface area (Å²) < 4.78 is 5.37. The summed E-state index contributed by atoms with van der Waals surface area (Å²) in [5.41, 5.74) is 3.45. The molecule has 0 spiro atoms. The first kappa shape index (κ1) is 26.4. The Balaban J connectivity index is 1.28. The second kappa shape index (κ2) is 12.6. The lowest BCUT2D eigenvalue weighted by Gasteiger charge is -2.38. The van der Waals surface area contributed by atoms with Crippen molar-refractivity contribution in [3.05, 3.63) is 71.9 Å². The monoisotopic (exact) mass is 516 g/mol. The molecule has 1 saturated heterocycles. The van der Waals surface area contributed by atoms with Crippen molar-refractivity contribution < 1.29 is 14.3 Å². The van der Waals surface area contributed by atoms with Crippen LogP contribution in [0.4, 0.5) is 0 Å². The van der Waals surface area contributed by atoms with Crippen molar-refractivity contribution in [2.75, 3.05) is 26.8 Å². The number of aromatic nitrogens is 1. The first-order valence-electron chi connectivity index (χ1n) is 14.0. The van der Waals surface area contributed by atoms with Gasteiger partial charge in [-0.2, -0.15) is 0 Å². The number of nitrogens with zero attached hydrogens (tertiary/aromatic N) is 1. The summed E-state index contributed by atoms with van der Waals surface area (Å²) in [5, 5.41) is 7.79. The van der Waals surface area contributed by atoms with Gasteiger partial charge in [-0.05, 0) is 55.7 Å². The molecule has 5 rings (SSSR count). The van der Waals surface area contributed by atoms with Gasteiger partial charge in [-0.3, -0.25) is 9.59 Å². The Morgan fingerprint density at radius 1 is 1.08 bits per heavy atom. The molecule has 3 N–H and O–H groups in total. The molecule has 202 valence electrons. The zero-order chi connectivity index (χ0) is 26.3. The Morgan fingerprint density at radius 2 is 1.87 bits per heavy atom. The third kappa shape index (κ3) is 6.45. The van der Waals surface area contributed by atoms with Gasteiger partial charge in [0.25, 0.3) is 0 Å². The fourth-order valence-electron chi connectivity index (χ4n) is 5.83. The summed E-state index contributed by atoms with van der Waals surface area (Å²) in [6, 6.07) is 18.7. The number of methoxy groups -OCH3 is 1. The summed E-state index contributed by atoms with van der Waals surface area (Å²) in [7, 11) is 1.73. The Hall–Kier alpha value is -3.16. The van der Waals surface area contributed by atoms with Crippen molar-refractivity contribution in [2.24, 2.45) is 5.92 Å². The minimum absolute atomic E-state index is 0.00198. The van der Waals surface area contributed by atoms with Gasteiger partial charge in [0.05, 0.1) is 12.0 Å². The largest absolute Gasteiger partial charge is 0.385 e. The minimum Gasteiger partial charge on any atom is -0.385 e. The Bertz CT molecular complexity index is 1210. The van der Waals surface area contributed by atoms with E-state index in [1.54, 1.807) is 7.11 Å². The molecule has 2 amide bonds. The zero-order valence-corrected chi connectivity index (χ0v) is 22.3. The summed E-state index contributed by atoms with van der Waals surface area (Å²) in [4.78, 5) is 32.5. The highest BCUT2D eigenvalue weighted by Gasteiger charge is 2.42. The van der Waals surface area contributed by atoms with Gasteiger partial charge in [-0.25, -0.2) is 0 Å². The maximum absolute atomic E-state index is 14.2. The molecule has 2 aliphatic rings. The number of H-pyrrole nitrogens is 1. The molecule has 2 fully saturated rings. The Morgan fingerprint density at radius 3 is 2.66 bits per heavy atom. The van der Waals surface area contributed by atoms with Crippen molar-refractivity contribution >= 4 is 22.7 Å². The molecule has 2 aromatic carbocycles. The van der Waals surface area contributed by atoms with Gasteiger partial charge < -0.3 is 25.3 Å². The zero-order valence-electron chi connectivity index (χ0n) is 22.3. The summed E-state index contributed by atoms with van der Waals surface area (Å²) in [6.45, 7) is 2.02. The number of fused-ring (bicyclic) bond motifs is 1. The van der Waals surface area contributed by atoms with Gasteiger partial charge in [0, 0.05) is 62.4 Å². The fourth-order valence-corrected chi connectivity index (χ4v) is 5.83. The molecule has 38 heavy (non-hydrogen) atoms. The highest BCUT2D eigenvalue weighted by atomic mass is 16.5. The standard InChI is InChI=1S/C31H40N4O3/c1-38-17-7-12-29(27-21-33-28-11-6-5-10-26(27)28)35(25-14-15-25)31(37)23-18-24(20-32-19-23)34-30(36)16-13-22-8-3-2-4-9-22/h2-6,8-11,21,23-25,29,32-33H,7,12-20H2,1H3,(H,34,36)/t23-,24-,29?/m0/s1. The van der Waals surface area contributed by atoms with Crippen molar-refractivity contribution in [3.63, 3.8) is 0 Å². The van der Waals surface area contributed by atoms with Crippen molar-refractivity contribution in [1.82, 2.24) is 20.5 Å². The van der Waals surface area contributed by atoms with Crippen LogP contribution in [-0.4, -0.2) is 60.6 Å². The molecule has 2 heterocycles. The van der Waals surface area contributed by atoms with Gasteiger partial charge in [0.2, 0.25) is 11.8 Å². The maximum atomic E-state index is 14.2. The van der Waals surface area contributed by atoms with Crippen LogP contribution in [-0.2, 0) is 20.7 Å². The van der Waals surface area contributed by atoms with Gasteiger partial charge in [0.15, 0.2) is 0 Å². The molecule has 1 saturated carbocycles. The number of ether oxygens (including phenoxy) is 1. The van der Waals surface area contributed by atoms with E-state index in [1.807, 2.05) is 36.4 Å². The van der Waals surface area contributed by atoms with Crippen molar-refractivity contribution in [3.8, 4) is 0 Å². The number of benzene rings is 2. The number of piperidine rings is 1. The lowest BCUT2D eigenvalue weighted by molar-refractivity contribution is -0.140. The SMILES string of the molecule is COCCCC(c1c[nH]c2ccccc12)N(C(=O)[C@@H]1CNC[C@@H](NC(=O)CCc2ccccc2)C1)C1CC1. The van der Waals surface area contributed by atoms with Gasteiger partial charge in [-0.15, -0.1) is 0 Å².